The minimum Gasteiger partial charge on any atom is -0.444 e. The first-order valence-electron chi connectivity index (χ1n) is 16.2. The summed E-state index contributed by atoms with van der Waals surface area (Å²) in [7, 11) is 0. The van der Waals surface area contributed by atoms with Crippen LogP contribution in [0.1, 0.15) is 57.6 Å². The van der Waals surface area contributed by atoms with E-state index in [1.54, 1.807) is 12.4 Å². The standard InChI is InChI=1S/C21H24ClN3O3.C16H16ClN3O.ClH/c1-21(2,3)28-20(27)24-12-16-7-6-14(10-17(16)22)15-8-9-23-18(11-15)25-19(26)13-4-5-13;17-14-7-11(3-4-13(14)9-18)12-5-6-19-15(8-12)20-16(21)10-1-2-10;/h6-11,13H,4-5,12H2,1-3H3,(H,24,27)(H,23,25,26);3-8,10H,1-2,9,18H2,(H,19,20,21);1H. The third kappa shape index (κ3) is 11.4. The van der Waals surface area contributed by atoms with Crippen molar-refractivity contribution < 1.29 is 19.1 Å². The van der Waals surface area contributed by atoms with Gasteiger partial charge >= 0.3 is 6.09 Å². The van der Waals surface area contributed by atoms with Crippen LogP contribution in [-0.2, 0) is 27.4 Å². The van der Waals surface area contributed by atoms with Crippen molar-refractivity contribution in [1.29, 1.82) is 0 Å². The number of amides is 3. The van der Waals surface area contributed by atoms with Crippen molar-refractivity contribution in [1.82, 2.24) is 15.3 Å². The van der Waals surface area contributed by atoms with E-state index in [4.69, 9.17) is 33.7 Å². The van der Waals surface area contributed by atoms with Gasteiger partial charge in [0, 0.05) is 47.4 Å². The molecule has 2 heterocycles. The highest BCUT2D eigenvalue weighted by Crippen LogP contribution is 2.32. The smallest absolute Gasteiger partial charge is 0.407 e. The molecule has 10 nitrogen and oxygen atoms in total. The second-order valence-corrected chi connectivity index (χ2v) is 13.9. The maximum Gasteiger partial charge on any atom is 0.407 e. The van der Waals surface area contributed by atoms with Crippen LogP contribution in [0.4, 0.5) is 16.4 Å². The van der Waals surface area contributed by atoms with E-state index >= 15 is 0 Å². The number of halogens is 3. The Balaban J connectivity index is 0.000000229. The Morgan fingerprint density at radius 1 is 0.740 bits per heavy atom. The van der Waals surface area contributed by atoms with Gasteiger partial charge in [-0.2, -0.15) is 0 Å². The van der Waals surface area contributed by atoms with Crippen LogP contribution < -0.4 is 21.7 Å². The van der Waals surface area contributed by atoms with Gasteiger partial charge in [0.2, 0.25) is 11.8 Å². The second kappa shape index (κ2) is 17.1. The van der Waals surface area contributed by atoms with Crippen molar-refractivity contribution >= 4 is 65.2 Å². The molecule has 2 aromatic carbocycles. The van der Waals surface area contributed by atoms with Crippen molar-refractivity contribution in [2.75, 3.05) is 10.6 Å². The lowest BCUT2D eigenvalue weighted by molar-refractivity contribution is -0.118. The lowest BCUT2D eigenvalue weighted by atomic mass is 10.0. The zero-order chi connectivity index (χ0) is 35.1. The Morgan fingerprint density at radius 3 is 1.58 bits per heavy atom. The fourth-order valence-electron chi connectivity index (χ4n) is 4.75. The topological polar surface area (TPSA) is 148 Å². The molecule has 0 aliphatic heterocycles. The lowest BCUT2D eigenvalue weighted by Crippen LogP contribution is -2.32. The van der Waals surface area contributed by atoms with Crippen molar-refractivity contribution in [3.05, 3.63) is 94.2 Å². The van der Waals surface area contributed by atoms with Crippen LogP contribution in [0.5, 0.6) is 0 Å². The molecule has 13 heteroatoms. The summed E-state index contributed by atoms with van der Waals surface area (Å²) < 4.78 is 5.22. The number of nitrogens with zero attached hydrogens (tertiary/aromatic N) is 2. The van der Waals surface area contributed by atoms with Crippen LogP contribution in [-0.4, -0.2) is 33.5 Å². The summed E-state index contributed by atoms with van der Waals surface area (Å²) in [5.74, 6) is 1.46. The summed E-state index contributed by atoms with van der Waals surface area (Å²) >= 11 is 12.6. The first kappa shape index (κ1) is 38.6. The van der Waals surface area contributed by atoms with Crippen LogP contribution >= 0.6 is 35.6 Å². The molecule has 6 rings (SSSR count). The molecule has 0 atom stereocenters. The third-order valence-corrected chi connectivity index (χ3v) is 8.44. The number of alkyl carbamates (subject to hydrolysis) is 1. The first-order valence-corrected chi connectivity index (χ1v) is 16.9. The molecule has 5 N–H and O–H groups in total. The number of benzene rings is 2. The number of aromatic nitrogens is 2. The Labute approximate surface area is 308 Å². The molecule has 4 aromatic rings. The van der Waals surface area contributed by atoms with E-state index in [0.717, 1.165) is 59.1 Å². The Morgan fingerprint density at radius 2 is 1.18 bits per heavy atom. The molecule has 2 aliphatic carbocycles. The predicted molar refractivity (Wildman–Crippen MR) is 200 cm³/mol. The molecule has 2 saturated carbocycles. The second-order valence-electron chi connectivity index (χ2n) is 13.1. The number of hydrogen-bond acceptors (Lipinski definition) is 7. The average Bonchev–Trinajstić information content (AvgIpc) is 3.97. The van der Waals surface area contributed by atoms with E-state index in [0.29, 0.717) is 28.2 Å². The van der Waals surface area contributed by atoms with Crippen LogP contribution in [0, 0.1) is 11.8 Å². The van der Waals surface area contributed by atoms with Gasteiger partial charge in [-0.15, -0.1) is 12.4 Å². The fraction of sp³-hybridized carbons (Fsp3) is 0.324. The molecule has 50 heavy (non-hydrogen) atoms. The fourth-order valence-corrected chi connectivity index (χ4v) is 5.25. The molecular weight excluding hydrogens is 699 g/mol. The van der Waals surface area contributed by atoms with E-state index in [1.807, 2.05) is 81.4 Å². The summed E-state index contributed by atoms with van der Waals surface area (Å²) in [6.45, 7) is 6.12. The molecule has 264 valence electrons. The van der Waals surface area contributed by atoms with Crippen LogP contribution in [0.3, 0.4) is 0 Å². The van der Waals surface area contributed by atoms with Gasteiger partial charge in [0.1, 0.15) is 17.2 Å². The number of ether oxygens (including phenoxy) is 1. The number of hydrogen-bond donors (Lipinski definition) is 4. The molecular formula is C37H41Cl3N6O4. The minimum atomic E-state index is -0.550. The number of rotatable bonds is 9. The molecule has 0 radical (unpaired) electrons. The molecule has 0 saturated heterocycles. The third-order valence-electron chi connectivity index (χ3n) is 7.73. The van der Waals surface area contributed by atoms with E-state index in [9.17, 15) is 14.4 Å². The number of anilines is 2. The van der Waals surface area contributed by atoms with Gasteiger partial charge < -0.3 is 26.4 Å². The van der Waals surface area contributed by atoms with Crippen molar-refractivity contribution in [2.45, 2.75) is 65.1 Å². The highest BCUT2D eigenvalue weighted by molar-refractivity contribution is 6.32. The normalized spacial score (nSPS) is 13.6. The van der Waals surface area contributed by atoms with Crippen LogP contribution in [0.15, 0.2) is 73.1 Å². The highest BCUT2D eigenvalue weighted by Gasteiger charge is 2.30. The molecule has 0 bridgehead atoms. The molecule has 2 aromatic heterocycles. The van der Waals surface area contributed by atoms with E-state index in [-0.39, 0.29) is 42.6 Å². The van der Waals surface area contributed by atoms with Crippen molar-refractivity contribution in [3.8, 4) is 22.3 Å². The first-order chi connectivity index (χ1) is 23.4. The lowest BCUT2D eigenvalue weighted by Gasteiger charge is -2.19. The molecule has 0 spiro atoms. The summed E-state index contributed by atoms with van der Waals surface area (Å²) in [6.07, 6.45) is 6.69. The molecule has 2 fully saturated rings. The number of nitrogens with one attached hydrogen (secondary N) is 3. The van der Waals surface area contributed by atoms with Gasteiger partial charge in [-0.1, -0.05) is 47.5 Å². The number of pyridine rings is 2. The van der Waals surface area contributed by atoms with Crippen molar-refractivity contribution in [3.63, 3.8) is 0 Å². The number of carbonyl (C=O) groups is 3. The Bertz CT molecular complexity index is 1840. The zero-order valence-corrected chi connectivity index (χ0v) is 30.4. The summed E-state index contributed by atoms with van der Waals surface area (Å²) in [5, 5.41) is 9.58. The van der Waals surface area contributed by atoms with Crippen molar-refractivity contribution in [2.24, 2.45) is 17.6 Å². The maximum absolute atomic E-state index is 11.9. The summed E-state index contributed by atoms with van der Waals surface area (Å²) in [6, 6.07) is 18.8. The van der Waals surface area contributed by atoms with Gasteiger partial charge in [-0.25, -0.2) is 14.8 Å². The number of carbonyl (C=O) groups excluding carboxylic acids is 3. The quantitative estimate of drug-likeness (QED) is 0.135. The maximum atomic E-state index is 11.9. The summed E-state index contributed by atoms with van der Waals surface area (Å²) in [5.41, 5.74) is 10.5. The minimum absolute atomic E-state index is 0. The monoisotopic (exact) mass is 738 g/mol. The zero-order valence-electron chi connectivity index (χ0n) is 28.1. The Kier molecular flexibility index (Phi) is 13.2. The molecule has 3 amide bonds. The van der Waals surface area contributed by atoms with Gasteiger partial charge in [-0.3, -0.25) is 9.59 Å². The predicted octanol–water partition coefficient (Wildman–Crippen LogP) is 8.41. The van der Waals surface area contributed by atoms with Gasteiger partial charge in [0.25, 0.3) is 0 Å². The van der Waals surface area contributed by atoms with E-state index in [2.05, 4.69) is 25.9 Å². The van der Waals surface area contributed by atoms with Crippen LogP contribution in [0.2, 0.25) is 10.0 Å². The molecule has 2 aliphatic rings. The van der Waals surface area contributed by atoms with E-state index in [1.165, 1.54) is 0 Å². The SMILES string of the molecule is CC(C)(C)OC(=O)NCc1ccc(-c2ccnc(NC(=O)C3CC3)c2)cc1Cl.Cl.NCc1ccc(-c2ccnc(NC(=O)C3CC3)c2)cc1Cl. The Hall–Kier alpha value is -4.22. The molecule has 0 unspecified atom stereocenters. The average molecular weight is 740 g/mol. The highest BCUT2D eigenvalue weighted by atomic mass is 35.5. The van der Waals surface area contributed by atoms with Gasteiger partial charge in [-0.05, 0) is 116 Å². The van der Waals surface area contributed by atoms with Crippen LogP contribution in [0.25, 0.3) is 22.3 Å². The van der Waals surface area contributed by atoms with Gasteiger partial charge in [0.05, 0.1) is 0 Å². The largest absolute Gasteiger partial charge is 0.444 e. The summed E-state index contributed by atoms with van der Waals surface area (Å²) in [4.78, 5) is 43.9. The van der Waals surface area contributed by atoms with Gasteiger partial charge in [0.15, 0.2) is 0 Å². The van der Waals surface area contributed by atoms with E-state index < -0.39 is 11.7 Å². The number of nitrogens with two attached hydrogens (primary N) is 1.